The number of carbonyl (C=O) groups excluding carboxylic acids is 2. The number of nitrogens with zero attached hydrogens (tertiary/aromatic N) is 1. The Morgan fingerprint density at radius 1 is 1.14 bits per heavy atom. The number of amides is 2. The Balaban J connectivity index is 2.69. The van der Waals surface area contributed by atoms with Crippen LogP contribution in [0.4, 0.5) is 0 Å². The molecule has 0 spiro atoms. The third-order valence-corrected chi connectivity index (χ3v) is 3.75. The highest BCUT2D eigenvalue weighted by atomic mass is 16.2. The molecule has 0 aliphatic rings. The number of hydrogen-bond acceptors (Lipinski definition) is 2. The van der Waals surface area contributed by atoms with Crippen molar-refractivity contribution in [2.24, 2.45) is 0 Å². The van der Waals surface area contributed by atoms with E-state index in [1.807, 2.05) is 44.2 Å². The van der Waals surface area contributed by atoms with Crippen molar-refractivity contribution in [2.45, 2.75) is 59.0 Å². The molecular formula is C18H28N2O2. The van der Waals surface area contributed by atoms with E-state index in [1.165, 1.54) is 0 Å². The largest absolute Gasteiger partial charge is 0.350 e. The van der Waals surface area contributed by atoms with Gasteiger partial charge in [0.2, 0.25) is 11.8 Å². The molecule has 0 aromatic heterocycles. The van der Waals surface area contributed by atoms with Gasteiger partial charge in [-0.05, 0) is 18.4 Å². The first-order valence-electron chi connectivity index (χ1n) is 8.25. The third kappa shape index (κ3) is 5.51. The van der Waals surface area contributed by atoms with Crippen molar-refractivity contribution in [2.75, 3.05) is 6.54 Å². The zero-order chi connectivity index (χ0) is 16.4. The number of carbonyl (C=O) groups is 2. The van der Waals surface area contributed by atoms with E-state index in [2.05, 4.69) is 12.2 Å². The van der Waals surface area contributed by atoms with E-state index in [9.17, 15) is 9.59 Å². The Hall–Kier alpha value is -1.84. The van der Waals surface area contributed by atoms with Crippen molar-refractivity contribution in [3.05, 3.63) is 35.9 Å². The van der Waals surface area contributed by atoms with Gasteiger partial charge in [-0.2, -0.15) is 0 Å². The molecule has 0 saturated carbocycles. The average molecular weight is 304 g/mol. The van der Waals surface area contributed by atoms with Gasteiger partial charge in [0, 0.05) is 19.5 Å². The van der Waals surface area contributed by atoms with E-state index in [1.54, 1.807) is 4.90 Å². The van der Waals surface area contributed by atoms with Crippen LogP contribution in [0.1, 0.15) is 52.0 Å². The van der Waals surface area contributed by atoms with E-state index in [0.717, 1.165) is 18.4 Å². The van der Waals surface area contributed by atoms with Gasteiger partial charge in [0.05, 0.1) is 0 Å². The standard InChI is InChI=1S/C18H28N2O2/c1-4-7-13-20(17(21)6-3)16(5-2)18(22)19-14-15-11-9-8-10-12-15/h8-12,16H,4-7,13-14H2,1-3H3,(H,19,22). The van der Waals surface area contributed by atoms with Crippen LogP contribution in [0.25, 0.3) is 0 Å². The highest BCUT2D eigenvalue weighted by Crippen LogP contribution is 2.10. The summed E-state index contributed by atoms with van der Waals surface area (Å²) in [7, 11) is 0. The normalized spacial score (nSPS) is 11.8. The Kier molecular flexibility index (Phi) is 8.26. The van der Waals surface area contributed by atoms with E-state index in [-0.39, 0.29) is 17.9 Å². The van der Waals surface area contributed by atoms with E-state index in [4.69, 9.17) is 0 Å². The van der Waals surface area contributed by atoms with Gasteiger partial charge in [-0.1, -0.05) is 57.5 Å². The molecule has 2 amide bonds. The Labute approximate surface area is 133 Å². The zero-order valence-electron chi connectivity index (χ0n) is 14.0. The first kappa shape index (κ1) is 18.2. The van der Waals surface area contributed by atoms with Gasteiger partial charge in [-0.15, -0.1) is 0 Å². The quantitative estimate of drug-likeness (QED) is 0.762. The summed E-state index contributed by atoms with van der Waals surface area (Å²) in [5.74, 6) is -0.0144. The second-order valence-electron chi connectivity index (χ2n) is 5.42. The van der Waals surface area contributed by atoms with Crippen LogP contribution in [-0.2, 0) is 16.1 Å². The maximum absolute atomic E-state index is 12.5. The Morgan fingerprint density at radius 2 is 1.82 bits per heavy atom. The topological polar surface area (TPSA) is 49.4 Å². The lowest BCUT2D eigenvalue weighted by atomic mass is 10.1. The van der Waals surface area contributed by atoms with Gasteiger partial charge in [0.25, 0.3) is 0 Å². The van der Waals surface area contributed by atoms with Crippen LogP contribution >= 0.6 is 0 Å². The SMILES string of the molecule is CCCCN(C(=O)CC)C(CC)C(=O)NCc1ccccc1. The lowest BCUT2D eigenvalue weighted by Crippen LogP contribution is -2.49. The summed E-state index contributed by atoms with van der Waals surface area (Å²) in [5.41, 5.74) is 1.06. The molecule has 122 valence electrons. The fourth-order valence-electron chi connectivity index (χ4n) is 2.44. The third-order valence-electron chi connectivity index (χ3n) is 3.75. The van der Waals surface area contributed by atoms with Crippen LogP contribution in [-0.4, -0.2) is 29.3 Å². The van der Waals surface area contributed by atoms with Crippen LogP contribution in [0.5, 0.6) is 0 Å². The minimum Gasteiger partial charge on any atom is -0.350 e. The van der Waals surface area contributed by atoms with Gasteiger partial charge in [0.15, 0.2) is 0 Å². The van der Waals surface area contributed by atoms with Crippen LogP contribution in [0, 0.1) is 0 Å². The molecule has 22 heavy (non-hydrogen) atoms. The first-order chi connectivity index (χ1) is 10.6. The molecule has 1 aromatic rings. The summed E-state index contributed by atoms with van der Waals surface area (Å²) in [6.45, 7) is 7.04. The molecule has 0 saturated heterocycles. The number of hydrogen-bond donors (Lipinski definition) is 1. The number of unbranched alkanes of at least 4 members (excludes halogenated alkanes) is 1. The molecule has 4 heteroatoms. The monoisotopic (exact) mass is 304 g/mol. The van der Waals surface area contributed by atoms with Gasteiger partial charge in [-0.3, -0.25) is 9.59 Å². The molecule has 0 aliphatic heterocycles. The second kappa shape index (κ2) is 9.98. The molecule has 0 bridgehead atoms. The van der Waals surface area contributed by atoms with Crippen molar-refractivity contribution in [1.29, 1.82) is 0 Å². The minimum atomic E-state index is -0.372. The van der Waals surface area contributed by atoms with Gasteiger partial charge in [-0.25, -0.2) is 0 Å². The van der Waals surface area contributed by atoms with Crippen molar-refractivity contribution >= 4 is 11.8 Å². The molecule has 0 fully saturated rings. The highest BCUT2D eigenvalue weighted by Gasteiger charge is 2.26. The van der Waals surface area contributed by atoms with Crippen molar-refractivity contribution < 1.29 is 9.59 Å². The van der Waals surface area contributed by atoms with Gasteiger partial charge >= 0.3 is 0 Å². The summed E-state index contributed by atoms with van der Waals surface area (Å²) in [6, 6.07) is 9.44. The molecule has 0 radical (unpaired) electrons. The summed E-state index contributed by atoms with van der Waals surface area (Å²) in [6.07, 6.45) is 3.01. The van der Waals surface area contributed by atoms with Crippen LogP contribution in [0.2, 0.25) is 0 Å². The summed E-state index contributed by atoms with van der Waals surface area (Å²) < 4.78 is 0. The lowest BCUT2D eigenvalue weighted by molar-refractivity contribution is -0.140. The van der Waals surface area contributed by atoms with Crippen molar-refractivity contribution in [3.8, 4) is 0 Å². The van der Waals surface area contributed by atoms with Crippen LogP contribution in [0.15, 0.2) is 30.3 Å². The molecule has 4 nitrogen and oxygen atoms in total. The smallest absolute Gasteiger partial charge is 0.243 e. The van der Waals surface area contributed by atoms with E-state index >= 15 is 0 Å². The molecule has 1 atom stereocenters. The zero-order valence-corrected chi connectivity index (χ0v) is 14.0. The molecule has 1 aromatic carbocycles. The van der Waals surface area contributed by atoms with Gasteiger partial charge < -0.3 is 10.2 Å². The van der Waals surface area contributed by atoms with E-state index in [0.29, 0.717) is 25.9 Å². The van der Waals surface area contributed by atoms with Gasteiger partial charge in [0.1, 0.15) is 6.04 Å². The van der Waals surface area contributed by atoms with Crippen molar-refractivity contribution in [3.63, 3.8) is 0 Å². The highest BCUT2D eigenvalue weighted by molar-refractivity contribution is 5.87. The Morgan fingerprint density at radius 3 is 2.36 bits per heavy atom. The van der Waals surface area contributed by atoms with Crippen LogP contribution < -0.4 is 5.32 Å². The predicted molar refractivity (Wildman–Crippen MR) is 89.3 cm³/mol. The maximum Gasteiger partial charge on any atom is 0.243 e. The number of rotatable bonds is 9. The molecule has 1 unspecified atom stereocenters. The molecule has 0 heterocycles. The first-order valence-corrected chi connectivity index (χ1v) is 8.25. The number of nitrogens with one attached hydrogen (secondary N) is 1. The number of benzene rings is 1. The minimum absolute atomic E-state index is 0.0511. The molecular weight excluding hydrogens is 276 g/mol. The summed E-state index contributed by atoms with van der Waals surface area (Å²) >= 11 is 0. The molecule has 1 N–H and O–H groups in total. The maximum atomic E-state index is 12.5. The predicted octanol–water partition coefficient (Wildman–Crippen LogP) is 3.12. The second-order valence-corrected chi connectivity index (χ2v) is 5.42. The van der Waals surface area contributed by atoms with E-state index < -0.39 is 0 Å². The fourth-order valence-corrected chi connectivity index (χ4v) is 2.44. The summed E-state index contributed by atoms with van der Waals surface area (Å²) in [4.78, 5) is 26.4. The van der Waals surface area contributed by atoms with Crippen molar-refractivity contribution in [1.82, 2.24) is 10.2 Å². The average Bonchev–Trinajstić information content (AvgIpc) is 2.56. The lowest BCUT2D eigenvalue weighted by Gasteiger charge is -2.30. The summed E-state index contributed by atoms with van der Waals surface area (Å²) in [5, 5.41) is 2.95. The van der Waals surface area contributed by atoms with Crippen LogP contribution in [0.3, 0.4) is 0 Å². The Bertz CT molecular complexity index is 459. The molecule has 1 rings (SSSR count). The molecule has 0 aliphatic carbocycles. The fraction of sp³-hybridized carbons (Fsp3) is 0.556.